The monoisotopic (exact) mass is 1250 g/mol. The summed E-state index contributed by atoms with van der Waals surface area (Å²) in [5.74, 6) is 2.58. The fourth-order valence-corrected chi connectivity index (χ4v) is 15.6. The van der Waals surface area contributed by atoms with Crippen LogP contribution in [0.3, 0.4) is 0 Å². The Morgan fingerprint density at radius 3 is 1.15 bits per heavy atom. The van der Waals surface area contributed by atoms with Crippen molar-refractivity contribution in [2.45, 2.75) is 0 Å². The summed E-state index contributed by atoms with van der Waals surface area (Å²) in [6.07, 6.45) is 7.44. The number of fused-ring (bicyclic) bond motifs is 9. The van der Waals surface area contributed by atoms with E-state index in [9.17, 15) is 0 Å². The van der Waals surface area contributed by atoms with Gasteiger partial charge in [0.2, 0.25) is 0 Å². The minimum Gasteiger partial charge on any atom is -0.308 e. The van der Waals surface area contributed by atoms with Gasteiger partial charge in [0, 0.05) is 63.9 Å². The van der Waals surface area contributed by atoms with Gasteiger partial charge in [-0.25, -0.2) is 15.0 Å². The van der Waals surface area contributed by atoms with Crippen molar-refractivity contribution < 1.29 is 0 Å². The van der Waals surface area contributed by atoms with Crippen LogP contribution in [0.1, 0.15) is 0 Å². The Balaban J connectivity index is 0.000000133. The van der Waals surface area contributed by atoms with E-state index in [4.69, 9.17) is 15.0 Å². The van der Waals surface area contributed by atoms with E-state index < -0.39 is 0 Å². The molecule has 0 bridgehead atoms. The average Bonchev–Trinajstić information content (AvgIpc) is 1.44. The summed E-state index contributed by atoms with van der Waals surface area (Å²) in [4.78, 5) is 26.3. The summed E-state index contributed by atoms with van der Waals surface area (Å²) in [5, 5.41) is 17.4. The predicted molar refractivity (Wildman–Crippen MR) is 406 cm³/mol. The summed E-state index contributed by atoms with van der Waals surface area (Å²) in [6.45, 7) is 0. The molecule has 0 saturated carbocycles. The van der Waals surface area contributed by atoms with Gasteiger partial charge in [0.05, 0.1) is 44.1 Å². The van der Waals surface area contributed by atoms with Gasteiger partial charge in [0.15, 0.2) is 0 Å². The molecule has 0 radical (unpaired) electrons. The van der Waals surface area contributed by atoms with Crippen molar-refractivity contribution in [2.24, 2.45) is 0 Å². The van der Waals surface area contributed by atoms with Gasteiger partial charge < -0.3 is 9.13 Å². The van der Waals surface area contributed by atoms with Gasteiger partial charge >= 0.3 is 0 Å². The molecular formula is C89H55N9. The fourth-order valence-electron chi connectivity index (χ4n) is 15.6. The highest BCUT2D eigenvalue weighted by atomic mass is 15.2. The van der Waals surface area contributed by atoms with E-state index in [-0.39, 0.29) is 0 Å². The number of para-hydroxylation sites is 5. The topological polar surface area (TPSA) is 82.5 Å². The van der Waals surface area contributed by atoms with Crippen LogP contribution in [0.4, 0.5) is 17.3 Å². The molecule has 0 amide bonds. The zero-order valence-electron chi connectivity index (χ0n) is 52.8. The second kappa shape index (κ2) is 22.1. The quantitative estimate of drug-likeness (QED) is 0.134. The number of benzene rings is 14. The summed E-state index contributed by atoms with van der Waals surface area (Å²) >= 11 is 0. The first-order chi connectivity index (χ1) is 48.6. The lowest BCUT2D eigenvalue weighted by molar-refractivity contribution is 1.10. The molecule has 0 unspecified atom stereocenters. The van der Waals surface area contributed by atoms with Crippen LogP contribution < -0.4 is 4.90 Å². The van der Waals surface area contributed by atoms with E-state index >= 15 is 0 Å². The summed E-state index contributed by atoms with van der Waals surface area (Å²) in [6, 6.07) is 110. The van der Waals surface area contributed by atoms with Crippen molar-refractivity contribution in [3.8, 4) is 50.7 Å². The third-order valence-electron chi connectivity index (χ3n) is 19.8. The van der Waals surface area contributed by atoms with Crippen LogP contribution in [0, 0.1) is 0 Å². The Labute approximate surface area is 562 Å². The van der Waals surface area contributed by atoms with Crippen LogP contribution in [-0.2, 0) is 0 Å². The Bertz CT molecular complexity index is 6590. The zero-order valence-corrected chi connectivity index (χ0v) is 52.8. The molecule has 0 aliphatic carbocycles. The molecule has 0 spiro atoms. The highest BCUT2D eigenvalue weighted by Crippen LogP contribution is 2.48. The van der Waals surface area contributed by atoms with Crippen LogP contribution in [0.15, 0.2) is 334 Å². The van der Waals surface area contributed by atoms with Gasteiger partial charge in [-0.3, -0.25) is 19.4 Å². The van der Waals surface area contributed by atoms with E-state index in [0.717, 1.165) is 84.4 Å². The molecule has 98 heavy (non-hydrogen) atoms. The number of nitrogens with zero attached hydrogens (tertiary/aromatic N) is 9. The molecular weight excluding hydrogens is 1200 g/mol. The Morgan fingerprint density at radius 2 is 0.653 bits per heavy atom. The normalized spacial score (nSPS) is 11.9. The maximum atomic E-state index is 5.09. The van der Waals surface area contributed by atoms with Crippen LogP contribution in [0.5, 0.6) is 0 Å². The van der Waals surface area contributed by atoms with E-state index in [0.29, 0.717) is 0 Å². The molecule has 0 aliphatic rings. The molecule has 7 heterocycles. The molecule has 0 fully saturated rings. The molecule has 456 valence electrons. The van der Waals surface area contributed by atoms with Gasteiger partial charge in [-0.1, -0.05) is 188 Å². The lowest BCUT2D eigenvalue weighted by Crippen LogP contribution is -2.12. The van der Waals surface area contributed by atoms with E-state index in [1.807, 2.05) is 79.4 Å². The van der Waals surface area contributed by atoms with Crippen molar-refractivity contribution in [2.75, 3.05) is 4.90 Å². The average molecular weight is 1250 g/mol. The molecule has 21 rings (SSSR count). The maximum Gasteiger partial charge on any atom is 0.145 e. The third-order valence-corrected chi connectivity index (χ3v) is 19.8. The molecule has 0 saturated heterocycles. The van der Waals surface area contributed by atoms with Crippen LogP contribution in [0.2, 0.25) is 0 Å². The first-order valence-electron chi connectivity index (χ1n) is 33.1. The van der Waals surface area contributed by atoms with Gasteiger partial charge in [-0.2, -0.15) is 0 Å². The van der Waals surface area contributed by atoms with Crippen molar-refractivity contribution >= 4 is 137 Å². The molecule has 0 atom stereocenters. The van der Waals surface area contributed by atoms with Gasteiger partial charge in [0.25, 0.3) is 0 Å². The molecule has 9 nitrogen and oxygen atoms in total. The molecule has 0 N–H and O–H groups in total. The zero-order chi connectivity index (χ0) is 64.4. The highest BCUT2D eigenvalue weighted by Gasteiger charge is 2.24. The van der Waals surface area contributed by atoms with Gasteiger partial charge in [-0.15, -0.1) is 0 Å². The van der Waals surface area contributed by atoms with Crippen LogP contribution in [-0.4, -0.2) is 38.6 Å². The molecule has 9 heteroatoms. The van der Waals surface area contributed by atoms with Crippen molar-refractivity contribution in [3.05, 3.63) is 334 Å². The second-order valence-corrected chi connectivity index (χ2v) is 25.1. The number of imidazole rings is 1. The summed E-state index contributed by atoms with van der Waals surface area (Å²) < 4.78 is 6.95. The van der Waals surface area contributed by atoms with E-state index in [1.54, 1.807) is 0 Å². The van der Waals surface area contributed by atoms with Crippen molar-refractivity contribution in [1.82, 2.24) is 38.6 Å². The highest BCUT2D eigenvalue weighted by molar-refractivity contribution is 6.35. The van der Waals surface area contributed by atoms with Crippen LogP contribution in [0.25, 0.3) is 170 Å². The molecule has 14 aromatic carbocycles. The first-order valence-corrected chi connectivity index (χ1v) is 33.1. The molecule has 0 aliphatic heterocycles. The standard InChI is InChI=1S/C46H28N4.C43H27N5/c1-3-10-33(11-4-1)49-40-16-9-27-47-45(40)44-37-26-22-30-21-24-35(36-25-23-32(28-41(44)49)43(37)42(30)36)29-17-19-31(20-18-29)46-48-38-14-7-8-15-39(38)50(46)34-12-5-2-6-13-34;1-2-9-31(10-3-1)47-36-11-8-26-46-43(36)42-35-23-17-29-16-21-33(34-22-18-30(27-37(42)47)41(35)40(29)34)28-14-19-32(20-15-28)48(38-12-4-6-24-44-38)39-13-5-7-25-45-39/h1-28H;1-27H. The number of hydrogen-bond donors (Lipinski definition) is 0. The fraction of sp³-hybridized carbons (Fsp3) is 0. The summed E-state index contributed by atoms with van der Waals surface area (Å²) in [7, 11) is 0. The number of aromatic nitrogens is 8. The summed E-state index contributed by atoms with van der Waals surface area (Å²) in [5.41, 5.74) is 18.9. The number of hydrogen-bond acceptors (Lipinski definition) is 6. The molecule has 21 aromatic rings. The molecule has 7 aromatic heterocycles. The minimum atomic E-state index is 0.820. The van der Waals surface area contributed by atoms with Crippen LogP contribution >= 0.6 is 0 Å². The number of anilines is 3. The van der Waals surface area contributed by atoms with Gasteiger partial charge in [0.1, 0.15) is 17.5 Å². The smallest absolute Gasteiger partial charge is 0.145 e. The third kappa shape index (κ3) is 8.56. The maximum absolute atomic E-state index is 5.09. The number of pyridine rings is 4. The minimum absolute atomic E-state index is 0.820. The first kappa shape index (κ1) is 55.1. The van der Waals surface area contributed by atoms with Crippen molar-refractivity contribution in [1.29, 1.82) is 0 Å². The Kier molecular flexibility index (Phi) is 12.4. The van der Waals surface area contributed by atoms with Gasteiger partial charge in [-0.05, 0) is 208 Å². The number of rotatable bonds is 9. The Morgan fingerprint density at radius 1 is 0.255 bits per heavy atom. The largest absolute Gasteiger partial charge is 0.308 e. The Hall–Kier alpha value is -13.4. The van der Waals surface area contributed by atoms with Crippen molar-refractivity contribution in [3.63, 3.8) is 0 Å². The van der Waals surface area contributed by atoms with E-state index in [1.165, 1.54) is 103 Å². The van der Waals surface area contributed by atoms with E-state index in [2.05, 4.69) is 283 Å². The lowest BCUT2D eigenvalue weighted by atomic mass is 9.88. The predicted octanol–water partition coefficient (Wildman–Crippen LogP) is 22.8. The second-order valence-electron chi connectivity index (χ2n) is 25.1. The SMILES string of the molecule is c1ccc(-n2c(-c3ccc(-c4ccc5ccc6c7c(ccc4c57)cc4c6c5ncccc5n4-c4ccccc4)cc3)nc3ccccc32)cc1.c1ccc(-n2c3cccnc3c3c4ccc5ccc(-c6ccc(N(c7ccccn7)c7ccccn7)cc6)c6ccc(cc32)c4c56)cc1. The lowest BCUT2D eigenvalue weighted by Gasteiger charge is -2.23.